The highest BCUT2D eigenvalue weighted by atomic mass is 15.1. The molecule has 0 aliphatic carbocycles. The first-order valence-corrected chi connectivity index (χ1v) is 6.48. The fourth-order valence-electron chi connectivity index (χ4n) is 2.04. The molecule has 20 heavy (non-hydrogen) atoms. The van der Waals surface area contributed by atoms with Gasteiger partial charge in [-0.05, 0) is 12.1 Å². The summed E-state index contributed by atoms with van der Waals surface area (Å²) < 4.78 is 0. The molecule has 0 aliphatic heterocycles. The smallest absolute Gasteiger partial charge is 0.137 e. The predicted molar refractivity (Wildman–Crippen MR) is 81.6 cm³/mol. The maximum Gasteiger partial charge on any atom is 0.137 e. The van der Waals surface area contributed by atoms with Gasteiger partial charge in [-0.3, -0.25) is 4.98 Å². The molecule has 1 N–H and O–H groups in total. The zero-order chi connectivity index (χ0) is 13.9. The van der Waals surface area contributed by atoms with E-state index in [0.717, 1.165) is 28.5 Å². The third-order valence-corrected chi connectivity index (χ3v) is 3.16. The molecule has 2 aromatic heterocycles. The predicted octanol–water partition coefficient (Wildman–Crippen LogP) is 3.20. The number of rotatable bonds is 3. The highest BCUT2D eigenvalue weighted by Gasteiger charge is 2.07. The van der Waals surface area contributed by atoms with Gasteiger partial charge in [-0.1, -0.05) is 30.3 Å². The van der Waals surface area contributed by atoms with E-state index in [1.54, 1.807) is 0 Å². The second-order valence-corrected chi connectivity index (χ2v) is 4.81. The Hall–Kier alpha value is -2.62. The second kappa shape index (κ2) is 5.17. The van der Waals surface area contributed by atoms with E-state index in [2.05, 4.69) is 19.9 Å². The van der Waals surface area contributed by atoms with Gasteiger partial charge in [-0.25, -0.2) is 4.98 Å². The maximum atomic E-state index is 4.43. The molecule has 3 aromatic rings. The number of hydrogen-bond donors (Lipinski definition) is 1. The van der Waals surface area contributed by atoms with Crippen LogP contribution in [0.5, 0.6) is 0 Å². The zero-order valence-corrected chi connectivity index (χ0v) is 11.5. The largest absolute Gasteiger partial charge is 0.378 e. The first-order chi connectivity index (χ1) is 9.74. The summed E-state index contributed by atoms with van der Waals surface area (Å²) in [7, 11) is 4.03. The van der Waals surface area contributed by atoms with Gasteiger partial charge in [0.15, 0.2) is 0 Å². The van der Waals surface area contributed by atoms with Gasteiger partial charge in [0, 0.05) is 31.5 Å². The number of imidazole rings is 1. The number of H-pyrrole nitrogens is 1. The summed E-state index contributed by atoms with van der Waals surface area (Å²) in [6.45, 7) is 0. The van der Waals surface area contributed by atoms with Gasteiger partial charge in [0.05, 0.1) is 17.6 Å². The molecule has 0 spiro atoms. The summed E-state index contributed by atoms with van der Waals surface area (Å²) in [6, 6.07) is 14.1. The van der Waals surface area contributed by atoms with Crippen molar-refractivity contribution in [2.45, 2.75) is 0 Å². The third-order valence-electron chi connectivity index (χ3n) is 3.16. The van der Waals surface area contributed by atoms with Crippen molar-refractivity contribution in [1.82, 2.24) is 15.0 Å². The normalized spacial score (nSPS) is 10.5. The summed E-state index contributed by atoms with van der Waals surface area (Å²) in [4.78, 5) is 14.2. The van der Waals surface area contributed by atoms with Crippen LogP contribution in [-0.2, 0) is 0 Å². The highest BCUT2D eigenvalue weighted by Crippen LogP contribution is 2.23. The third kappa shape index (κ3) is 2.40. The monoisotopic (exact) mass is 264 g/mol. The van der Waals surface area contributed by atoms with Crippen LogP contribution in [-0.4, -0.2) is 29.0 Å². The molecule has 0 amide bonds. The van der Waals surface area contributed by atoms with Crippen molar-refractivity contribution in [3.63, 3.8) is 0 Å². The molecule has 0 saturated carbocycles. The Bertz CT molecular complexity index is 701. The van der Waals surface area contributed by atoms with Crippen LogP contribution in [0.3, 0.4) is 0 Å². The van der Waals surface area contributed by atoms with Gasteiger partial charge in [-0.2, -0.15) is 0 Å². The van der Waals surface area contributed by atoms with Crippen LogP contribution in [0.4, 0.5) is 5.69 Å². The lowest BCUT2D eigenvalue weighted by Crippen LogP contribution is -2.08. The summed E-state index contributed by atoms with van der Waals surface area (Å²) in [5.41, 5.74) is 4.01. The molecular weight excluding hydrogens is 248 g/mol. The summed E-state index contributed by atoms with van der Waals surface area (Å²) in [6.07, 6.45) is 3.64. The van der Waals surface area contributed by atoms with Crippen LogP contribution in [0, 0.1) is 0 Å². The lowest BCUT2D eigenvalue weighted by molar-refractivity contribution is 1.12. The van der Waals surface area contributed by atoms with Gasteiger partial charge in [0.2, 0.25) is 0 Å². The molecule has 0 radical (unpaired) electrons. The van der Waals surface area contributed by atoms with Crippen molar-refractivity contribution in [3.8, 4) is 22.8 Å². The number of hydrogen-bond acceptors (Lipinski definition) is 3. The van der Waals surface area contributed by atoms with Gasteiger partial charge in [0.25, 0.3) is 0 Å². The number of nitrogens with zero attached hydrogens (tertiary/aromatic N) is 3. The lowest BCUT2D eigenvalue weighted by atomic mass is 10.2. The van der Waals surface area contributed by atoms with E-state index in [4.69, 9.17) is 0 Å². The molecule has 100 valence electrons. The highest BCUT2D eigenvalue weighted by molar-refractivity contribution is 5.64. The van der Waals surface area contributed by atoms with Gasteiger partial charge < -0.3 is 9.88 Å². The lowest BCUT2D eigenvalue weighted by Gasteiger charge is -2.12. The van der Waals surface area contributed by atoms with E-state index in [1.807, 2.05) is 69.0 Å². The van der Waals surface area contributed by atoms with E-state index in [1.165, 1.54) is 0 Å². The zero-order valence-electron chi connectivity index (χ0n) is 11.5. The minimum Gasteiger partial charge on any atom is -0.378 e. The fourth-order valence-corrected chi connectivity index (χ4v) is 2.04. The first kappa shape index (κ1) is 12.4. The number of anilines is 1. The Kier molecular flexibility index (Phi) is 3.21. The van der Waals surface area contributed by atoms with Crippen LogP contribution in [0.1, 0.15) is 0 Å². The maximum absolute atomic E-state index is 4.43. The van der Waals surface area contributed by atoms with Crippen molar-refractivity contribution >= 4 is 5.69 Å². The average Bonchev–Trinajstić information content (AvgIpc) is 2.98. The van der Waals surface area contributed by atoms with Crippen molar-refractivity contribution in [3.05, 3.63) is 54.9 Å². The van der Waals surface area contributed by atoms with Crippen molar-refractivity contribution in [2.24, 2.45) is 0 Å². The Balaban J connectivity index is 1.96. The van der Waals surface area contributed by atoms with Gasteiger partial charge >= 0.3 is 0 Å². The Morgan fingerprint density at radius 2 is 1.80 bits per heavy atom. The van der Waals surface area contributed by atoms with Crippen LogP contribution >= 0.6 is 0 Å². The summed E-state index contributed by atoms with van der Waals surface area (Å²) in [5, 5.41) is 0. The number of aromatic nitrogens is 3. The SMILES string of the molecule is CN(C)c1ccnc(-c2cnc(-c3ccccc3)[nH]2)c1. The molecule has 0 aliphatic rings. The average molecular weight is 264 g/mol. The molecule has 4 heteroatoms. The number of benzene rings is 1. The Labute approximate surface area is 118 Å². The van der Waals surface area contributed by atoms with Crippen molar-refractivity contribution in [1.29, 1.82) is 0 Å². The van der Waals surface area contributed by atoms with E-state index in [0.29, 0.717) is 0 Å². The topological polar surface area (TPSA) is 44.8 Å². The Morgan fingerprint density at radius 1 is 1.00 bits per heavy atom. The molecule has 3 rings (SSSR count). The second-order valence-electron chi connectivity index (χ2n) is 4.81. The number of nitrogens with one attached hydrogen (secondary N) is 1. The van der Waals surface area contributed by atoms with Crippen LogP contribution in [0.25, 0.3) is 22.8 Å². The van der Waals surface area contributed by atoms with E-state index >= 15 is 0 Å². The quantitative estimate of drug-likeness (QED) is 0.790. The van der Waals surface area contributed by atoms with E-state index in [9.17, 15) is 0 Å². The van der Waals surface area contributed by atoms with Crippen LogP contribution in [0.15, 0.2) is 54.9 Å². The molecule has 0 unspecified atom stereocenters. The molecular formula is C16H16N4. The van der Waals surface area contributed by atoms with Crippen LogP contribution in [0.2, 0.25) is 0 Å². The minimum absolute atomic E-state index is 0.859. The summed E-state index contributed by atoms with van der Waals surface area (Å²) >= 11 is 0. The number of aromatic amines is 1. The molecule has 2 heterocycles. The van der Waals surface area contributed by atoms with E-state index < -0.39 is 0 Å². The molecule has 4 nitrogen and oxygen atoms in total. The number of pyridine rings is 1. The molecule has 0 saturated heterocycles. The molecule has 0 fully saturated rings. The standard InChI is InChI=1S/C16H16N4/c1-20(2)13-8-9-17-14(10-13)15-11-18-16(19-15)12-6-4-3-5-7-12/h3-11H,1-2H3,(H,18,19). The summed E-state index contributed by atoms with van der Waals surface area (Å²) in [5.74, 6) is 0.859. The first-order valence-electron chi connectivity index (χ1n) is 6.48. The van der Waals surface area contributed by atoms with Gasteiger partial charge in [0.1, 0.15) is 5.82 Å². The molecule has 0 bridgehead atoms. The molecule has 0 atom stereocenters. The van der Waals surface area contributed by atoms with Crippen LogP contribution < -0.4 is 4.90 Å². The van der Waals surface area contributed by atoms with Gasteiger partial charge in [-0.15, -0.1) is 0 Å². The molecule has 1 aromatic carbocycles. The minimum atomic E-state index is 0.859. The van der Waals surface area contributed by atoms with E-state index in [-0.39, 0.29) is 0 Å². The van der Waals surface area contributed by atoms with Crippen molar-refractivity contribution < 1.29 is 0 Å². The van der Waals surface area contributed by atoms with Crippen molar-refractivity contribution in [2.75, 3.05) is 19.0 Å². The Morgan fingerprint density at radius 3 is 2.55 bits per heavy atom. The fraction of sp³-hybridized carbons (Fsp3) is 0.125.